The van der Waals surface area contributed by atoms with Crippen LogP contribution in [-0.2, 0) is 14.3 Å². The van der Waals surface area contributed by atoms with Crippen molar-refractivity contribution >= 4 is 11.8 Å². The highest BCUT2D eigenvalue weighted by molar-refractivity contribution is 5.79. The molecule has 0 amide bonds. The maximum atomic E-state index is 12.0. The van der Waals surface area contributed by atoms with Gasteiger partial charge in [-0.15, -0.1) is 0 Å². The fourth-order valence-corrected chi connectivity index (χ4v) is 8.22. The van der Waals surface area contributed by atoms with Crippen molar-refractivity contribution in [1.29, 1.82) is 0 Å². The van der Waals surface area contributed by atoms with Gasteiger partial charge in [-0.05, 0) is 98.2 Å². The summed E-state index contributed by atoms with van der Waals surface area (Å²) in [7, 11) is 1.49. The molecule has 152 valence electrons. The number of esters is 1. The van der Waals surface area contributed by atoms with Crippen LogP contribution in [-0.4, -0.2) is 18.9 Å². The lowest BCUT2D eigenvalue weighted by Crippen LogP contribution is -2.53. The van der Waals surface area contributed by atoms with Crippen molar-refractivity contribution in [3.8, 4) is 0 Å². The van der Waals surface area contributed by atoms with E-state index >= 15 is 0 Å². The second-order valence-electron chi connectivity index (χ2n) is 10.7. The lowest BCUT2D eigenvalue weighted by molar-refractivity contribution is -0.141. The molecular formula is C24H38O3. The number of fused-ring (bicyclic) bond motifs is 5. The van der Waals surface area contributed by atoms with Crippen LogP contribution in [0.15, 0.2) is 0 Å². The van der Waals surface area contributed by atoms with Gasteiger partial charge in [0.05, 0.1) is 7.11 Å². The molecule has 0 aliphatic heterocycles. The van der Waals surface area contributed by atoms with E-state index in [1.165, 1.54) is 52.1 Å². The average molecular weight is 375 g/mol. The molecule has 4 saturated carbocycles. The molecule has 4 aliphatic carbocycles. The third-order valence-electron chi connectivity index (χ3n) is 9.84. The molecule has 4 rings (SSSR count). The molecule has 0 bridgehead atoms. The van der Waals surface area contributed by atoms with Crippen molar-refractivity contribution in [2.75, 3.05) is 7.11 Å². The summed E-state index contributed by atoms with van der Waals surface area (Å²) >= 11 is 0. The van der Waals surface area contributed by atoms with Crippen molar-refractivity contribution < 1.29 is 14.3 Å². The number of hydrogen-bond donors (Lipinski definition) is 0. The number of Topliss-reactive ketones (excluding diaryl/α,β-unsaturated/α-hetero) is 1. The molecule has 3 nitrogen and oxygen atoms in total. The number of carbonyl (C=O) groups is 2. The fourth-order valence-electron chi connectivity index (χ4n) is 8.22. The summed E-state index contributed by atoms with van der Waals surface area (Å²) in [6.07, 6.45) is 13.7. The topological polar surface area (TPSA) is 43.4 Å². The zero-order chi connectivity index (χ0) is 19.2. The smallest absolute Gasteiger partial charge is 0.305 e. The van der Waals surface area contributed by atoms with Gasteiger partial charge in [0.15, 0.2) is 0 Å². The minimum absolute atomic E-state index is 0.0588. The highest BCUT2D eigenvalue weighted by Gasteiger charge is 2.59. The first kappa shape index (κ1) is 19.5. The van der Waals surface area contributed by atoms with E-state index in [2.05, 4.69) is 13.8 Å². The number of carbonyl (C=O) groups excluding carboxylic acids is 2. The Bertz CT molecular complexity index is 598. The van der Waals surface area contributed by atoms with Gasteiger partial charge in [0.1, 0.15) is 5.78 Å². The standard InChI is InChI=1S/C24H38O3/c1-23-14-12-21-19(9-7-17-15-18(25)11-13-24(17,21)2)20(23)10-8-16(23)5-4-6-22(26)27-3/h16-17,19-21H,4-15H2,1-3H3/t16-,17-,19?,20?,21?,23+,24-/m0/s1. The monoisotopic (exact) mass is 374 g/mol. The number of ketones is 1. The van der Waals surface area contributed by atoms with Gasteiger partial charge < -0.3 is 4.74 Å². The maximum absolute atomic E-state index is 12.0. The first-order chi connectivity index (χ1) is 12.9. The van der Waals surface area contributed by atoms with Crippen LogP contribution >= 0.6 is 0 Å². The predicted octanol–water partition coefficient (Wildman–Crippen LogP) is 5.56. The molecule has 0 aromatic carbocycles. The summed E-state index contributed by atoms with van der Waals surface area (Å²) in [5, 5.41) is 0. The van der Waals surface area contributed by atoms with Gasteiger partial charge in [0, 0.05) is 19.3 Å². The molecule has 27 heavy (non-hydrogen) atoms. The molecule has 7 atom stereocenters. The Kier molecular flexibility index (Phi) is 5.18. The van der Waals surface area contributed by atoms with Crippen molar-refractivity contribution in [2.24, 2.45) is 40.4 Å². The van der Waals surface area contributed by atoms with Gasteiger partial charge in [-0.3, -0.25) is 9.59 Å². The summed E-state index contributed by atoms with van der Waals surface area (Å²) < 4.78 is 4.82. The summed E-state index contributed by atoms with van der Waals surface area (Å²) in [6.45, 7) is 5.11. The minimum atomic E-state index is -0.0588. The third kappa shape index (κ3) is 3.17. The fraction of sp³-hybridized carbons (Fsp3) is 0.917. The molecule has 4 aliphatic rings. The first-order valence-corrected chi connectivity index (χ1v) is 11.5. The van der Waals surface area contributed by atoms with Crippen molar-refractivity contribution in [1.82, 2.24) is 0 Å². The molecule has 4 fully saturated rings. The molecular weight excluding hydrogens is 336 g/mol. The second kappa shape index (κ2) is 7.19. The Morgan fingerprint density at radius 2 is 1.81 bits per heavy atom. The summed E-state index contributed by atoms with van der Waals surface area (Å²) in [5.74, 6) is 4.49. The van der Waals surface area contributed by atoms with Gasteiger partial charge in [-0.25, -0.2) is 0 Å². The Morgan fingerprint density at radius 1 is 1.04 bits per heavy atom. The van der Waals surface area contributed by atoms with Crippen LogP contribution in [0.1, 0.15) is 90.9 Å². The van der Waals surface area contributed by atoms with Crippen LogP contribution in [0.4, 0.5) is 0 Å². The van der Waals surface area contributed by atoms with Crippen LogP contribution in [0.2, 0.25) is 0 Å². The largest absolute Gasteiger partial charge is 0.469 e. The molecule has 3 unspecified atom stereocenters. The lowest BCUT2D eigenvalue weighted by atomic mass is 9.44. The van der Waals surface area contributed by atoms with Crippen molar-refractivity contribution in [3.63, 3.8) is 0 Å². The van der Waals surface area contributed by atoms with Gasteiger partial charge in [0.25, 0.3) is 0 Å². The van der Waals surface area contributed by atoms with Crippen LogP contribution in [0.25, 0.3) is 0 Å². The van der Waals surface area contributed by atoms with E-state index < -0.39 is 0 Å². The summed E-state index contributed by atoms with van der Waals surface area (Å²) in [4.78, 5) is 23.5. The zero-order valence-corrected chi connectivity index (χ0v) is 17.6. The van der Waals surface area contributed by atoms with Gasteiger partial charge in [0.2, 0.25) is 0 Å². The summed E-state index contributed by atoms with van der Waals surface area (Å²) in [6, 6.07) is 0. The highest BCUT2D eigenvalue weighted by atomic mass is 16.5. The first-order valence-electron chi connectivity index (χ1n) is 11.5. The van der Waals surface area contributed by atoms with E-state index in [1.54, 1.807) is 0 Å². The minimum Gasteiger partial charge on any atom is -0.469 e. The Balaban J connectivity index is 1.45. The van der Waals surface area contributed by atoms with Crippen LogP contribution in [0.5, 0.6) is 0 Å². The molecule has 0 N–H and O–H groups in total. The molecule has 0 heterocycles. The average Bonchev–Trinajstić information content (AvgIpc) is 2.99. The Morgan fingerprint density at radius 3 is 2.59 bits per heavy atom. The summed E-state index contributed by atoms with van der Waals surface area (Å²) in [5.41, 5.74) is 0.895. The molecule has 0 spiro atoms. The van der Waals surface area contributed by atoms with E-state index in [0.29, 0.717) is 29.0 Å². The maximum Gasteiger partial charge on any atom is 0.305 e. The zero-order valence-electron chi connectivity index (χ0n) is 17.6. The van der Waals surface area contributed by atoms with Gasteiger partial charge in [-0.1, -0.05) is 13.8 Å². The molecule has 0 saturated heterocycles. The van der Waals surface area contributed by atoms with E-state index in [1.807, 2.05) is 0 Å². The third-order valence-corrected chi connectivity index (χ3v) is 9.84. The van der Waals surface area contributed by atoms with Gasteiger partial charge in [-0.2, -0.15) is 0 Å². The SMILES string of the molecule is COC(=O)CCC[C@H]1CCC2C3CC[C@H]4CC(=O)CC[C@]4(C)C3CC[C@@]21C. The van der Waals surface area contributed by atoms with E-state index in [9.17, 15) is 9.59 Å². The molecule has 0 aromatic rings. The van der Waals surface area contributed by atoms with E-state index in [4.69, 9.17) is 4.74 Å². The number of methoxy groups -OCH3 is 1. The van der Waals surface area contributed by atoms with Crippen LogP contribution in [0.3, 0.4) is 0 Å². The highest BCUT2D eigenvalue weighted by Crippen LogP contribution is 2.67. The predicted molar refractivity (Wildman–Crippen MR) is 106 cm³/mol. The lowest BCUT2D eigenvalue weighted by Gasteiger charge is -2.60. The molecule has 0 radical (unpaired) electrons. The second-order valence-corrected chi connectivity index (χ2v) is 10.7. The van der Waals surface area contributed by atoms with Crippen LogP contribution in [0, 0.1) is 40.4 Å². The normalized spacial score (nSPS) is 46.3. The molecule has 3 heteroatoms. The number of hydrogen-bond acceptors (Lipinski definition) is 3. The van der Waals surface area contributed by atoms with Crippen molar-refractivity contribution in [2.45, 2.75) is 90.9 Å². The van der Waals surface area contributed by atoms with Gasteiger partial charge >= 0.3 is 5.97 Å². The number of ether oxygens (including phenoxy) is 1. The quantitative estimate of drug-likeness (QED) is 0.605. The Labute approximate surface area is 165 Å². The van der Waals surface area contributed by atoms with E-state index in [0.717, 1.165) is 49.4 Å². The van der Waals surface area contributed by atoms with Crippen LogP contribution < -0.4 is 0 Å². The number of rotatable bonds is 4. The van der Waals surface area contributed by atoms with E-state index in [-0.39, 0.29) is 5.97 Å². The Hall–Kier alpha value is -0.860. The van der Waals surface area contributed by atoms with Crippen molar-refractivity contribution in [3.05, 3.63) is 0 Å². The molecule has 0 aromatic heterocycles.